The van der Waals surface area contributed by atoms with E-state index >= 15 is 0 Å². The lowest BCUT2D eigenvalue weighted by Crippen LogP contribution is -2.54. The summed E-state index contributed by atoms with van der Waals surface area (Å²) in [4.78, 5) is 34.1. The van der Waals surface area contributed by atoms with Gasteiger partial charge in [-0.25, -0.2) is 0 Å². The third-order valence-corrected chi connectivity index (χ3v) is 7.26. The van der Waals surface area contributed by atoms with Gasteiger partial charge in [-0.05, 0) is 42.2 Å². The van der Waals surface area contributed by atoms with Crippen LogP contribution in [0.4, 0.5) is 0 Å². The zero-order valence-corrected chi connectivity index (χ0v) is 17.0. The molecular weight excluding hydrogens is 378 g/mol. The van der Waals surface area contributed by atoms with Gasteiger partial charge in [-0.2, -0.15) is 0 Å². The van der Waals surface area contributed by atoms with E-state index in [1.54, 1.807) is 4.90 Å². The molecule has 27 heavy (non-hydrogen) atoms. The highest BCUT2D eigenvalue weighted by Gasteiger charge is 2.37. The summed E-state index contributed by atoms with van der Waals surface area (Å²) in [5.74, 6) is 0.144. The first-order chi connectivity index (χ1) is 13.2. The number of rotatable bonds is 5. The second kappa shape index (κ2) is 8.54. The predicted octanol–water partition coefficient (Wildman–Crippen LogP) is 2.80. The summed E-state index contributed by atoms with van der Waals surface area (Å²) >= 11 is 3.26. The Kier molecular flexibility index (Phi) is 5.90. The Morgan fingerprint density at radius 1 is 1.00 bits per heavy atom. The van der Waals surface area contributed by atoms with Crippen molar-refractivity contribution in [2.75, 3.05) is 39.3 Å². The van der Waals surface area contributed by atoms with Crippen LogP contribution in [0.5, 0.6) is 0 Å². The number of thiophene rings is 2. The van der Waals surface area contributed by atoms with E-state index in [0.29, 0.717) is 6.54 Å². The second-order valence-corrected chi connectivity index (χ2v) is 9.11. The van der Waals surface area contributed by atoms with E-state index in [2.05, 4.69) is 22.4 Å². The van der Waals surface area contributed by atoms with E-state index in [-0.39, 0.29) is 17.9 Å². The van der Waals surface area contributed by atoms with E-state index < -0.39 is 0 Å². The van der Waals surface area contributed by atoms with Crippen molar-refractivity contribution in [3.8, 4) is 0 Å². The van der Waals surface area contributed by atoms with Crippen LogP contribution in [-0.2, 0) is 11.2 Å². The zero-order valence-electron chi connectivity index (χ0n) is 15.4. The van der Waals surface area contributed by atoms with Crippen LogP contribution in [0.25, 0.3) is 0 Å². The molecule has 144 valence electrons. The van der Waals surface area contributed by atoms with Gasteiger partial charge < -0.3 is 9.80 Å². The highest BCUT2D eigenvalue weighted by molar-refractivity contribution is 7.12. The van der Waals surface area contributed by atoms with E-state index in [4.69, 9.17) is 0 Å². The van der Waals surface area contributed by atoms with Gasteiger partial charge >= 0.3 is 0 Å². The number of carbonyl (C=O) groups is 2. The first-order valence-corrected chi connectivity index (χ1v) is 11.4. The molecule has 2 aromatic heterocycles. The molecule has 4 heterocycles. The van der Waals surface area contributed by atoms with Crippen molar-refractivity contribution in [1.29, 1.82) is 0 Å². The van der Waals surface area contributed by atoms with Crippen LogP contribution in [0.3, 0.4) is 0 Å². The minimum atomic E-state index is -0.280. The van der Waals surface area contributed by atoms with Gasteiger partial charge in [0.15, 0.2) is 0 Å². The Morgan fingerprint density at radius 3 is 2.48 bits per heavy atom. The first-order valence-electron chi connectivity index (χ1n) is 9.60. The number of likely N-dealkylation sites (tertiary alicyclic amines) is 1. The summed E-state index contributed by atoms with van der Waals surface area (Å²) in [5, 5.41) is 4.03. The lowest BCUT2D eigenvalue weighted by molar-refractivity contribution is -0.137. The quantitative estimate of drug-likeness (QED) is 0.771. The standard InChI is InChI=1S/C20H25N3O2S2/c24-19(17-5-1-8-23(17)20(25)18-6-3-15-27-18)22-12-10-21(11-13-22)9-7-16-4-2-14-26-16/h2-4,6,14-15,17H,1,5,7-13H2/t17-/m0/s1. The van der Waals surface area contributed by atoms with Gasteiger partial charge in [0.25, 0.3) is 5.91 Å². The summed E-state index contributed by atoms with van der Waals surface area (Å²) in [6, 6.07) is 7.74. The van der Waals surface area contributed by atoms with E-state index in [1.807, 2.05) is 33.7 Å². The molecule has 2 aliphatic rings. The first kappa shape index (κ1) is 18.7. The highest BCUT2D eigenvalue weighted by atomic mass is 32.1. The fourth-order valence-electron chi connectivity index (χ4n) is 3.93. The molecule has 0 N–H and O–H groups in total. The lowest BCUT2D eigenvalue weighted by atomic mass is 10.1. The van der Waals surface area contributed by atoms with Gasteiger partial charge in [-0.3, -0.25) is 14.5 Å². The van der Waals surface area contributed by atoms with Crippen molar-refractivity contribution >= 4 is 34.5 Å². The Balaban J connectivity index is 1.30. The zero-order chi connectivity index (χ0) is 18.6. The molecule has 7 heteroatoms. The minimum Gasteiger partial charge on any atom is -0.338 e. The van der Waals surface area contributed by atoms with Crippen molar-refractivity contribution in [3.05, 3.63) is 44.8 Å². The van der Waals surface area contributed by atoms with Gasteiger partial charge in [0.05, 0.1) is 4.88 Å². The molecule has 2 saturated heterocycles. The molecule has 4 rings (SSSR count). The molecule has 2 aliphatic heterocycles. The Morgan fingerprint density at radius 2 is 1.78 bits per heavy atom. The van der Waals surface area contributed by atoms with Crippen LogP contribution in [0.15, 0.2) is 35.0 Å². The third-order valence-electron chi connectivity index (χ3n) is 5.47. The molecular formula is C20H25N3O2S2. The van der Waals surface area contributed by atoms with Crippen LogP contribution in [-0.4, -0.2) is 71.8 Å². The summed E-state index contributed by atoms with van der Waals surface area (Å²) < 4.78 is 0. The molecule has 2 aromatic rings. The van der Waals surface area contributed by atoms with Crippen LogP contribution in [0, 0.1) is 0 Å². The fraction of sp³-hybridized carbons (Fsp3) is 0.500. The lowest BCUT2D eigenvalue weighted by Gasteiger charge is -2.37. The van der Waals surface area contributed by atoms with Crippen molar-refractivity contribution in [2.24, 2.45) is 0 Å². The average Bonchev–Trinajstić information content (AvgIpc) is 3.48. The Hall–Kier alpha value is -1.70. The smallest absolute Gasteiger partial charge is 0.264 e. The molecule has 0 radical (unpaired) electrons. The number of hydrogen-bond acceptors (Lipinski definition) is 5. The predicted molar refractivity (Wildman–Crippen MR) is 109 cm³/mol. The second-order valence-electron chi connectivity index (χ2n) is 7.13. The molecule has 2 fully saturated rings. The van der Waals surface area contributed by atoms with Crippen LogP contribution < -0.4 is 0 Å². The Labute approximate surface area is 168 Å². The van der Waals surface area contributed by atoms with E-state index in [1.165, 1.54) is 16.2 Å². The van der Waals surface area contributed by atoms with Crippen LogP contribution in [0.1, 0.15) is 27.4 Å². The maximum Gasteiger partial charge on any atom is 0.264 e. The fourth-order valence-corrected chi connectivity index (χ4v) is 5.31. The van der Waals surface area contributed by atoms with Crippen molar-refractivity contribution in [1.82, 2.24) is 14.7 Å². The monoisotopic (exact) mass is 403 g/mol. The highest BCUT2D eigenvalue weighted by Crippen LogP contribution is 2.24. The topological polar surface area (TPSA) is 43.9 Å². The number of hydrogen-bond donors (Lipinski definition) is 0. The molecule has 2 amide bonds. The van der Waals surface area contributed by atoms with Gasteiger partial charge in [0.1, 0.15) is 6.04 Å². The summed E-state index contributed by atoms with van der Waals surface area (Å²) in [7, 11) is 0. The summed E-state index contributed by atoms with van der Waals surface area (Å²) in [5.41, 5.74) is 0. The molecule has 0 spiro atoms. The van der Waals surface area contributed by atoms with Crippen molar-refractivity contribution in [2.45, 2.75) is 25.3 Å². The summed E-state index contributed by atoms with van der Waals surface area (Å²) in [6.07, 6.45) is 2.78. The SMILES string of the molecule is O=C([C@@H]1CCCN1C(=O)c1cccs1)N1CCN(CCc2cccs2)CC1. The maximum absolute atomic E-state index is 13.1. The van der Waals surface area contributed by atoms with Gasteiger partial charge in [-0.1, -0.05) is 12.1 Å². The molecule has 0 saturated carbocycles. The number of carbonyl (C=O) groups excluding carboxylic acids is 2. The maximum atomic E-state index is 13.1. The molecule has 0 bridgehead atoms. The van der Waals surface area contributed by atoms with Gasteiger partial charge in [-0.15, -0.1) is 22.7 Å². The molecule has 0 unspecified atom stereocenters. The number of nitrogens with zero attached hydrogens (tertiary/aromatic N) is 3. The molecule has 0 aromatic carbocycles. The van der Waals surface area contributed by atoms with Crippen LogP contribution >= 0.6 is 22.7 Å². The molecule has 0 aliphatic carbocycles. The van der Waals surface area contributed by atoms with Crippen LogP contribution in [0.2, 0.25) is 0 Å². The summed E-state index contributed by atoms with van der Waals surface area (Å²) in [6.45, 7) is 5.11. The normalized spacial score (nSPS) is 21.0. The van der Waals surface area contributed by atoms with E-state index in [9.17, 15) is 9.59 Å². The number of piperazine rings is 1. The molecule has 1 atom stereocenters. The third kappa shape index (κ3) is 4.25. The van der Waals surface area contributed by atoms with E-state index in [0.717, 1.165) is 56.9 Å². The number of amides is 2. The van der Waals surface area contributed by atoms with Gasteiger partial charge in [0, 0.05) is 44.1 Å². The largest absolute Gasteiger partial charge is 0.338 e. The average molecular weight is 404 g/mol. The van der Waals surface area contributed by atoms with Gasteiger partial charge in [0.2, 0.25) is 5.91 Å². The molecule has 5 nitrogen and oxygen atoms in total. The minimum absolute atomic E-state index is 0.00966. The Bertz CT molecular complexity index is 752. The van der Waals surface area contributed by atoms with Crippen molar-refractivity contribution in [3.63, 3.8) is 0 Å². The van der Waals surface area contributed by atoms with Crippen molar-refractivity contribution < 1.29 is 9.59 Å².